The number of rotatable bonds is 5. The minimum Gasteiger partial charge on any atom is -0.506 e. The summed E-state index contributed by atoms with van der Waals surface area (Å²) in [5, 5.41) is 78.2. The highest BCUT2D eigenvalue weighted by Crippen LogP contribution is 2.49. The van der Waals surface area contributed by atoms with Crippen LogP contribution < -0.4 is 15.2 Å². The number of aryl methyl sites for hydroxylation is 1. The van der Waals surface area contributed by atoms with E-state index < -0.39 is 76.9 Å². The Morgan fingerprint density at radius 2 is 1.80 bits per heavy atom. The molecule has 10 atom stereocenters. The average molecular weight is 730 g/mol. The molecule has 14 heteroatoms. The third kappa shape index (κ3) is 6.74. The van der Waals surface area contributed by atoms with Crippen LogP contribution in [0, 0.1) is 12.8 Å². The number of phenolic OH excluding ortho intramolecular Hbond substituents is 1. The van der Waals surface area contributed by atoms with Gasteiger partial charge in [-0.3, -0.25) is 4.79 Å². The summed E-state index contributed by atoms with van der Waals surface area (Å²) in [6.07, 6.45) is -5.01. The summed E-state index contributed by atoms with van der Waals surface area (Å²) >= 11 is 0. The van der Waals surface area contributed by atoms with Crippen molar-refractivity contribution >= 4 is 38.1 Å². The number of fused-ring (bicyclic) bond motifs is 5. The molecule has 0 unspecified atom stereocenters. The zero-order valence-corrected chi connectivity index (χ0v) is 29.2. The first-order valence-electron chi connectivity index (χ1n) is 16.4. The van der Waals surface area contributed by atoms with Crippen molar-refractivity contribution in [3.8, 4) is 17.2 Å². The van der Waals surface area contributed by atoms with Crippen LogP contribution in [0.2, 0.25) is 0 Å². The molecule has 270 valence electrons. The number of aliphatic hydroxyl groups excluding tert-OH is 5. The number of phenols is 1. The summed E-state index contributed by atoms with van der Waals surface area (Å²) in [6, 6.07) is 12.1. The molecule has 4 bridgehead atoms. The maximum absolute atomic E-state index is 13.9. The van der Waals surface area contributed by atoms with E-state index in [4.69, 9.17) is 19.9 Å². The van der Waals surface area contributed by atoms with Crippen molar-refractivity contribution in [2.24, 2.45) is 11.7 Å². The van der Waals surface area contributed by atoms with Gasteiger partial charge in [0.05, 0.1) is 31.3 Å². The predicted octanol–water partition coefficient (Wildman–Crippen LogP) is 2.12. The van der Waals surface area contributed by atoms with Gasteiger partial charge in [0.1, 0.15) is 47.3 Å². The molecule has 0 saturated carbocycles. The Hall–Kier alpha value is -2.89. The number of carbonyl (C=O) groups is 1. The molecule has 0 amide bonds. The van der Waals surface area contributed by atoms with Crippen LogP contribution >= 0.6 is 21.6 Å². The molecule has 2 heterocycles. The number of ketones is 1. The van der Waals surface area contributed by atoms with E-state index in [0.29, 0.717) is 22.9 Å². The maximum Gasteiger partial charge on any atom is 0.229 e. The lowest BCUT2D eigenvalue weighted by Crippen LogP contribution is -2.68. The van der Waals surface area contributed by atoms with E-state index in [1.165, 1.54) is 40.8 Å². The highest BCUT2D eigenvalue weighted by molar-refractivity contribution is 8.77. The molecule has 50 heavy (non-hydrogen) atoms. The van der Waals surface area contributed by atoms with Crippen molar-refractivity contribution in [1.82, 2.24) is 0 Å². The number of nitrogens with two attached hydrogens (primary N) is 1. The maximum atomic E-state index is 13.9. The number of benzene rings is 3. The minimum absolute atomic E-state index is 0.00878. The Kier molecular flexibility index (Phi) is 11.1. The third-order valence-electron chi connectivity index (χ3n) is 9.95. The highest BCUT2D eigenvalue weighted by atomic mass is 33.1. The van der Waals surface area contributed by atoms with Gasteiger partial charge in [-0.05, 0) is 42.3 Å². The topological polar surface area (TPSA) is 212 Å². The van der Waals surface area contributed by atoms with E-state index in [1.54, 1.807) is 19.1 Å². The Labute approximate surface area is 297 Å². The first kappa shape index (κ1) is 36.9. The number of carbonyl (C=O) groups excluding carboxylic acids is 1. The Morgan fingerprint density at radius 1 is 1.06 bits per heavy atom. The van der Waals surface area contributed by atoms with E-state index in [9.17, 15) is 40.5 Å². The molecule has 3 aliphatic rings. The molecule has 1 aliphatic carbocycles. The zero-order valence-electron chi connectivity index (χ0n) is 27.6. The monoisotopic (exact) mass is 729 g/mol. The first-order valence-corrected chi connectivity index (χ1v) is 18.7. The second-order valence-corrected chi connectivity index (χ2v) is 16.0. The van der Waals surface area contributed by atoms with Crippen molar-refractivity contribution in [2.45, 2.75) is 85.6 Å². The number of Topliss-reactive ketones (excluding diaryl/α,β-unsaturated/α-hetero) is 1. The normalized spacial score (nSPS) is 33.2. The van der Waals surface area contributed by atoms with Crippen molar-refractivity contribution in [3.05, 3.63) is 76.9 Å². The van der Waals surface area contributed by atoms with E-state index in [1.807, 2.05) is 30.3 Å². The third-order valence-corrected chi connectivity index (χ3v) is 13.3. The van der Waals surface area contributed by atoms with Gasteiger partial charge < -0.3 is 55.7 Å². The van der Waals surface area contributed by atoms with Gasteiger partial charge in [-0.1, -0.05) is 64.1 Å². The van der Waals surface area contributed by atoms with Crippen LogP contribution in [0.4, 0.5) is 0 Å². The minimum atomic E-state index is -1.94. The van der Waals surface area contributed by atoms with E-state index in [-0.39, 0.29) is 41.9 Å². The summed E-state index contributed by atoms with van der Waals surface area (Å²) in [7, 11) is 4.02. The largest absolute Gasteiger partial charge is 0.506 e. The molecule has 3 aromatic carbocycles. The van der Waals surface area contributed by atoms with Crippen LogP contribution in [0.5, 0.6) is 17.2 Å². The van der Waals surface area contributed by atoms with Gasteiger partial charge in [0.15, 0.2) is 5.78 Å². The van der Waals surface area contributed by atoms with Gasteiger partial charge >= 0.3 is 0 Å². The molecule has 1 fully saturated rings. The summed E-state index contributed by atoms with van der Waals surface area (Å²) in [5.74, 6) is -1.54. The molecule has 0 radical (unpaired) electrons. The number of methoxy groups -OCH3 is 1. The lowest BCUT2D eigenvalue weighted by atomic mass is 9.69. The number of ether oxygens (including phenoxy) is 3. The smallest absolute Gasteiger partial charge is 0.229 e. The zero-order chi connectivity index (χ0) is 35.9. The molecule has 12 nitrogen and oxygen atoms in total. The molecule has 2 aliphatic heterocycles. The van der Waals surface area contributed by atoms with E-state index >= 15 is 0 Å². The number of aliphatic hydroxyl groups is 6. The summed E-state index contributed by atoms with van der Waals surface area (Å²) in [6.45, 7) is 0.795. The van der Waals surface area contributed by atoms with Crippen molar-refractivity contribution in [1.29, 1.82) is 0 Å². The SMILES string of the molecule is COc1cc2c3c(O)c(c(C)cc3c1CO)C(=O)C[C@@H](CO)SS[C@@H](Cc1ccccc1)[C@H]1C[C@@H](N)C=C[C@@]1(O)[C@H]1O[C@H](O2)[C@H](O)[C@@H](O)[C@@H]1O. The van der Waals surface area contributed by atoms with E-state index in [2.05, 4.69) is 0 Å². The highest BCUT2D eigenvalue weighted by Gasteiger charge is 2.57. The van der Waals surface area contributed by atoms with Crippen LogP contribution in [0.1, 0.15) is 39.9 Å². The molecule has 6 rings (SSSR count). The molecule has 0 spiro atoms. The molecular formula is C36H43NO11S2. The predicted molar refractivity (Wildman–Crippen MR) is 189 cm³/mol. The van der Waals surface area contributed by atoms with E-state index in [0.717, 1.165) is 5.56 Å². The molecular weight excluding hydrogens is 687 g/mol. The molecule has 1 saturated heterocycles. The van der Waals surface area contributed by atoms with Gasteiger partial charge in [0, 0.05) is 40.5 Å². The number of hydrogen-bond acceptors (Lipinski definition) is 14. The van der Waals surface area contributed by atoms with Crippen LogP contribution in [0.3, 0.4) is 0 Å². The molecule has 0 aromatic heterocycles. The first-order chi connectivity index (χ1) is 23.9. The Morgan fingerprint density at radius 3 is 2.48 bits per heavy atom. The van der Waals surface area contributed by atoms with Crippen LogP contribution in [-0.2, 0) is 17.8 Å². The fourth-order valence-corrected chi connectivity index (χ4v) is 10.5. The van der Waals surface area contributed by atoms with Gasteiger partial charge in [0.25, 0.3) is 0 Å². The van der Waals surface area contributed by atoms with Crippen molar-refractivity contribution in [2.75, 3.05) is 13.7 Å². The van der Waals surface area contributed by atoms with Crippen LogP contribution in [0.25, 0.3) is 10.8 Å². The van der Waals surface area contributed by atoms with Gasteiger partial charge in [-0.2, -0.15) is 0 Å². The molecule has 9 N–H and O–H groups in total. The fraction of sp³-hybridized carbons (Fsp3) is 0.472. The summed E-state index contributed by atoms with van der Waals surface area (Å²) < 4.78 is 18.0. The number of hydrogen-bond donors (Lipinski definition) is 8. The van der Waals surface area contributed by atoms with Gasteiger partial charge in [-0.15, -0.1) is 0 Å². The Balaban J connectivity index is 1.55. The fourth-order valence-electron chi connectivity index (χ4n) is 7.34. The van der Waals surface area contributed by atoms with Crippen LogP contribution in [0.15, 0.2) is 54.6 Å². The van der Waals surface area contributed by atoms with Crippen molar-refractivity contribution < 1.29 is 54.8 Å². The van der Waals surface area contributed by atoms with Crippen LogP contribution in [-0.4, -0.2) is 108 Å². The lowest BCUT2D eigenvalue weighted by Gasteiger charge is -2.51. The quantitative estimate of drug-likeness (QED) is 0.140. The second kappa shape index (κ2) is 15.0. The lowest BCUT2D eigenvalue weighted by molar-refractivity contribution is -0.304. The number of aromatic hydroxyl groups is 1. The average Bonchev–Trinajstić information content (AvgIpc) is 3.10. The molecule has 3 aromatic rings. The summed E-state index contributed by atoms with van der Waals surface area (Å²) in [5.41, 5.74) is 6.13. The van der Waals surface area contributed by atoms with Gasteiger partial charge in [-0.25, -0.2) is 0 Å². The standard InChI is InChI=1S/C36H43NO11S2/c1-17-10-21-22(16-39)25(46-2)14-26-29(21)30(41)28(17)24(40)13-20(15-38)49-50-27(11-18-6-4-3-5-7-18)23-12-19(37)8-9-36(23,45)34-32(43)31(42)33(44)35(47-26)48-34/h3-10,14,19-20,23,27,31-35,38-39,41-45H,11-13,15-16,37H2,1-2H3/t19-,20-,23+,27-,31-,32-,33+,34-,35-,36-/m0/s1. The summed E-state index contributed by atoms with van der Waals surface area (Å²) in [4.78, 5) is 13.9. The second-order valence-electron chi connectivity index (χ2n) is 13.2. The van der Waals surface area contributed by atoms with Gasteiger partial charge in [0.2, 0.25) is 6.29 Å². The van der Waals surface area contributed by atoms with Crippen molar-refractivity contribution in [3.63, 3.8) is 0 Å². The Bertz CT molecular complexity index is 1740.